The van der Waals surface area contributed by atoms with Crippen molar-refractivity contribution in [1.82, 2.24) is 4.90 Å². The van der Waals surface area contributed by atoms with Gasteiger partial charge in [-0.15, -0.1) is 0 Å². The number of phenols is 1. The van der Waals surface area contributed by atoms with Crippen LogP contribution >= 0.6 is 22.6 Å². The molecule has 1 aliphatic carbocycles. The summed E-state index contributed by atoms with van der Waals surface area (Å²) < 4.78 is 0.897. The first-order chi connectivity index (χ1) is 12.1. The molecule has 4 rings (SSSR count). The van der Waals surface area contributed by atoms with E-state index in [9.17, 15) is 10.2 Å². The SMILES string of the molecule is Oc1c(I)ccc2c1C[C@H](N1CCC(c3ccccc3)CC1)[C@@H](O)C2. The molecule has 1 fully saturated rings. The molecule has 3 nitrogen and oxygen atoms in total. The number of hydrogen-bond acceptors (Lipinski definition) is 3. The molecule has 2 aromatic carbocycles. The van der Waals surface area contributed by atoms with Crippen molar-refractivity contribution in [3.8, 4) is 5.75 Å². The molecule has 0 radical (unpaired) electrons. The van der Waals surface area contributed by atoms with Gasteiger partial charge in [0.05, 0.1) is 9.67 Å². The van der Waals surface area contributed by atoms with Gasteiger partial charge in [-0.05, 0) is 83.6 Å². The summed E-state index contributed by atoms with van der Waals surface area (Å²) in [6.07, 6.45) is 3.31. The normalized spacial score (nSPS) is 24.9. The van der Waals surface area contributed by atoms with E-state index in [1.165, 1.54) is 5.56 Å². The monoisotopic (exact) mass is 449 g/mol. The molecule has 2 aromatic rings. The van der Waals surface area contributed by atoms with E-state index in [-0.39, 0.29) is 12.1 Å². The molecule has 0 aromatic heterocycles. The topological polar surface area (TPSA) is 43.7 Å². The van der Waals surface area contributed by atoms with Crippen LogP contribution < -0.4 is 0 Å². The highest BCUT2D eigenvalue weighted by Gasteiger charge is 2.35. The Hall–Kier alpha value is -1.11. The van der Waals surface area contributed by atoms with E-state index in [2.05, 4.69) is 63.9 Å². The number of fused-ring (bicyclic) bond motifs is 1. The van der Waals surface area contributed by atoms with Gasteiger partial charge in [0, 0.05) is 12.5 Å². The summed E-state index contributed by atoms with van der Waals surface area (Å²) in [5.41, 5.74) is 3.57. The quantitative estimate of drug-likeness (QED) is 0.688. The summed E-state index contributed by atoms with van der Waals surface area (Å²) in [7, 11) is 0. The molecule has 2 atom stereocenters. The van der Waals surface area contributed by atoms with Gasteiger partial charge in [-0.3, -0.25) is 4.90 Å². The lowest BCUT2D eigenvalue weighted by Crippen LogP contribution is -2.51. The number of nitrogens with zero attached hydrogens (tertiary/aromatic N) is 1. The molecular formula is C21H24INO2. The molecule has 0 amide bonds. The second kappa shape index (κ2) is 7.25. The number of likely N-dealkylation sites (tertiary alicyclic amines) is 1. The Kier molecular flexibility index (Phi) is 5.02. The third-order valence-corrected chi connectivity index (χ3v) is 6.76. The van der Waals surface area contributed by atoms with Crippen molar-refractivity contribution < 1.29 is 10.2 Å². The van der Waals surface area contributed by atoms with Crippen molar-refractivity contribution in [2.45, 2.75) is 43.7 Å². The van der Waals surface area contributed by atoms with E-state index >= 15 is 0 Å². The molecule has 2 aliphatic rings. The van der Waals surface area contributed by atoms with E-state index in [1.807, 2.05) is 6.07 Å². The lowest BCUT2D eigenvalue weighted by Gasteiger charge is -2.42. The van der Waals surface area contributed by atoms with Crippen LogP contribution in [-0.2, 0) is 12.8 Å². The van der Waals surface area contributed by atoms with Crippen LogP contribution in [0.5, 0.6) is 5.75 Å². The van der Waals surface area contributed by atoms with Crippen molar-refractivity contribution >= 4 is 22.6 Å². The van der Waals surface area contributed by atoms with Crippen LogP contribution in [0.15, 0.2) is 42.5 Å². The van der Waals surface area contributed by atoms with Gasteiger partial charge in [0.25, 0.3) is 0 Å². The van der Waals surface area contributed by atoms with Crippen LogP contribution in [0.2, 0.25) is 0 Å². The zero-order chi connectivity index (χ0) is 17.4. The van der Waals surface area contributed by atoms with E-state index in [0.29, 0.717) is 18.1 Å². The minimum atomic E-state index is -0.347. The molecule has 132 valence electrons. The van der Waals surface area contributed by atoms with Crippen molar-refractivity contribution in [3.63, 3.8) is 0 Å². The third kappa shape index (κ3) is 3.44. The minimum Gasteiger partial charge on any atom is -0.507 e. The highest BCUT2D eigenvalue weighted by Crippen LogP contribution is 2.36. The van der Waals surface area contributed by atoms with Crippen LogP contribution in [0.3, 0.4) is 0 Å². The van der Waals surface area contributed by atoms with Gasteiger partial charge in [-0.1, -0.05) is 36.4 Å². The molecule has 0 spiro atoms. The summed E-state index contributed by atoms with van der Waals surface area (Å²) in [6.45, 7) is 2.03. The van der Waals surface area contributed by atoms with Gasteiger partial charge in [-0.2, -0.15) is 0 Å². The Morgan fingerprint density at radius 1 is 0.960 bits per heavy atom. The van der Waals surface area contributed by atoms with Gasteiger partial charge < -0.3 is 10.2 Å². The predicted octanol–water partition coefficient (Wildman–Crippen LogP) is 3.70. The smallest absolute Gasteiger partial charge is 0.132 e. The number of aliphatic hydroxyl groups is 1. The Balaban J connectivity index is 1.47. The molecular weight excluding hydrogens is 425 g/mol. The fraction of sp³-hybridized carbons (Fsp3) is 0.429. The zero-order valence-corrected chi connectivity index (χ0v) is 16.4. The van der Waals surface area contributed by atoms with Crippen LogP contribution in [0.25, 0.3) is 0 Å². The summed E-state index contributed by atoms with van der Waals surface area (Å²) >= 11 is 2.18. The summed E-state index contributed by atoms with van der Waals surface area (Å²) in [5.74, 6) is 1.04. The highest BCUT2D eigenvalue weighted by atomic mass is 127. The van der Waals surface area contributed by atoms with Crippen molar-refractivity contribution in [2.24, 2.45) is 0 Å². The Morgan fingerprint density at radius 3 is 2.40 bits per heavy atom. The molecule has 1 heterocycles. The third-order valence-electron chi connectivity index (χ3n) is 5.89. The number of piperidine rings is 1. The van der Waals surface area contributed by atoms with Gasteiger partial charge in [0.15, 0.2) is 0 Å². The van der Waals surface area contributed by atoms with Crippen molar-refractivity contribution in [1.29, 1.82) is 0 Å². The number of phenolic OH excluding ortho intramolecular Hbond substituents is 1. The zero-order valence-electron chi connectivity index (χ0n) is 14.2. The second-order valence-electron chi connectivity index (χ2n) is 7.30. The van der Waals surface area contributed by atoms with Crippen molar-refractivity contribution in [3.05, 3.63) is 62.7 Å². The van der Waals surface area contributed by atoms with E-state index in [0.717, 1.165) is 47.0 Å². The van der Waals surface area contributed by atoms with Crippen LogP contribution in [0, 0.1) is 3.57 Å². The van der Waals surface area contributed by atoms with E-state index in [1.54, 1.807) is 0 Å². The first-order valence-corrected chi connectivity index (χ1v) is 10.2. The number of hydrogen-bond donors (Lipinski definition) is 2. The predicted molar refractivity (Wildman–Crippen MR) is 108 cm³/mol. The van der Waals surface area contributed by atoms with E-state index < -0.39 is 0 Å². The average molecular weight is 449 g/mol. The molecule has 0 saturated carbocycles. The van der Waals surface area contributed by atoms with Crippen molar-refractivity contribution in [2.75, 3.05) is 13.1 Å². The highest BCUT2D eigenvalue weighted by molar-refractivity contribution is 14.1. The van der Waals surface area contributed by atoms with Crippen LogP contribution in [0.1, 0.15) is 35.4 Å². The maximum atomic E-state index is 10.7. The number of rotatable bonds is 2. The Bertz CT molecular complexity index is 741. The average Bonchev–Trinajstić information content (AvgIpc) is 2.65. The van der Waals surface area contributed by atoms with Crippen LogP contribution in [0.4, 0.5) is 0 Å². The standard InChI is InChI=1S/C21H24INO2/c22-18-7-6-16-12-20(24)19(13-17(16)21(18)25)23-10-8-15(9-11-23)14-4-2-1-3-5-14/h1-7,15,19-20,24-25H,8-13H2/t19-,20-/m0/s1. The second-order valence-corrected chi connectivity index (χ2v) is 8.46. The molecule has 4 heteroatoms. The molecule has 0 unspecified atom stereocenters. The number of aromatic hydroxyl groups is 1. The number of benzene rings is 2. The van der Waals surface area contributed by atoms with Gasteiger partial charge in [0.2, 0.25) is 0 Å². The van der Waals surface area contributed by atoms with Gasteiger partial charge in [-0.25, -0.2) is 0 Å². The lowest BCUT2D eigenvalue weighted by atomic mass is 9.82. The van der Waals surface area contributed by atoms with Gasteiger partial charge >= 0.3 is 0 Å². The summed E-state index contributed by atoms with van der Waals surface area (Å²) in [5, 5.41) is 21.1. The number of halogens is 1. The molecule has 0 bridgehead atoms. The van der Waals surface area contributed by atoms with E-state index in [4.69, 9.17) is 0 Å². The first kappa shape index (κ1) is 17.3. The largest absolute Gasteiger partial charge is 0.507 e. The Labute approximate surface area is 162 Å². The molecule has 25 heavy (non-hydrogen) atoms. The summed E-state index contributed by atoms with van der Waals surface area (Å²) in [4.78, 5) is 2.44. The summed E-state index contributed by atoms with van der Waals surface area (Å²) in [6, 6.07) is 14.9. The maximum absolute atomic E-state index is 10.7. The molecule has 1 aliphatic heterocycles. The maximum Gasteiger partial charge on any atom is 0.132 e. The first-order valence-electron chi connectivity index (χ1n) is 9.09. The minimum absolute atomic E-state index is 0.119. The fourth-order valence-corrected chi connectivity index (χ4v) is 4.94. The number of aliphatic hydroxyl groups excluding tert-OH is 1. The van der Waals surface area contributed by atoms with Crippen LogP contribution in [-0.4, -0.2) is 40.3 Å². The van der Waals surface area contributed by atoms with Gasteiger partial charge in [0.1, 0.15) is 5.75 Å². The molecule has 2 N–H and O–H groups in total. The lowest BCUT2D eigenvalue weighted by molar-refractivity contribution is 0.0290. The Morgan fingerprint density at radius 2 is 1.68 bits per heavy atom. The molecule has 1 saturated heterocycles. The fourth-order valence-electron chi connectivity index (χ4n) is 4.44.